The molecule has 1 unspecified atom stereocenters. The van der Waals surface area contributed by atoms with Crippen LogP contribution in [0.2, 0.25) is 0 Å². The van der Waals surface area contributed by atoms with Crippen LogP contribution >= 0.6 is 11.3 Å². The molecule has 0 aliphatic carbocycles. The molecule has 1 amide bonds. The Labute approximate surface area is 180 Å². The van der Waals surface area contributed by atoms with Crippen molar-refractivity contribution in [2.24, 2.45) is 0 Å². The van der Waals surface area contributed by atoms with Crippen LogP contribution in [-0.4, -0.2) is 21.8 Å². The summed E-state index contributed by atoms with van der Waals surface area (Å²) in [5.74, 6) is -0.730. The van der Waals surface area contributed by atoms with E-state index < -0.39 is 11.9 Å². The number of phenols is 1. The van der Waals surface area contributed by atoms with Crippen molar-refractivity contribution in [2.45, 2.75) is 19.9 Å². The van der Waals surface area contributed by atoms with Crippen LogP contribution in [0.15, 0.2) is 57.7 Å². The topological polar surface area (TPSA) is 101 Å². The van der Waals surface area contributed by atoms with Crippen LogP contribution in [-0.2, 0) is 0 Å². The van der Waals surface area contributed by atoms with Crippen molar-refractivity contribution in [3.05, 3.63) is 86.2 Å². The molecular formula is C23H16N2O5S. The second-order valence-electron chi connectivity index (χ2n) is 7.31. The van der Waals surface area contributed by atoms with Gasteiger partial charge in [-0.1, -0.05) is 35.6 Å². The van der Waals surface area contributed by atoms with Gasteiger partial charge in [-0.05, 0) is 36.8 Å². The van der Waals surface area contributed by atoms with Crippen LogP contribution in [0.1, 0.15) is 50.0 Å². The number of para-hydroxylation sites is 1. The highest BCUT2D eigenvalue weighted by Gasteiger charge is 2.45. The molecular weight excluding hydrogens is 416 g/mol. The number of aromatic nitrogens is 1. The van der Waals surface area contributed by atoms with Gasteiger partial charge in [0.15, 0.2) is 16.3 Å². The highest BCUT2D eigenvalue weighted by Crippen LogP contribution is 2.43. The molecule has 3 heterocycles. The van der Waals surface area contributed by atoms with Gasteiger partial charge in [0.2, 0.25) is 5.76 Å². The van der Waals surface area contributed by atoms with E-state index in [4.69, 9.17) is 4.42 Å². The van der Waals surface area contributed by atoms with Gasteiger partial charge in [0.25, 0.3) is 5.91 Å². The van der Waals surface area contributed by atoms with E-state index in [1.54, 1.807) is 43.3 Å². The molecule has 1 N–H and O–H groups in total. The SMILES string of the molecule is CC(=O)c1sc(N2C(=O)c3oc4ccccc4c(=O)c3C2c2cccc(O)c2)nc1C. The van der Waals surface area contributed by atoms with Crippen LogP contribution in [0, 0.1) is 6.92 Å². The molecule has 1 atom stereocenters. The van der Waals surface area contributed by atoms with E-state index in [0.717, 1.165) is 11.3 Å². The standard InChI is InChI=1S/C23H16N2O5S/c1-11-21(12(2)26)31-23(24-11)25-18(13-6-5-7-14(27)10-13)17-19(28)15-8-3-4-9-16(15)30-20(17)22(25)29/h3-10,18,27H,1-2H3. The third-order valence-electron chi connectivity index (χ3n) is 5.27. The number of amides is 1. The molecule has 31 heavy (non-hydrogen) atoms. The summed E-state index contributed by atoms with van der Waals surface area (Å²) in [5, 5.41) is 10.7. The molecule has 0 fully saturated rings. The highest BCUT2D eigenvalue weighted by molar-refractivity contribution is 7.17. The summed E-state index contributed by atoms with van der Waals surface area (Å²) in [5.41, 5.74) is 1.23. The van der Waals surface area contributed by atoms with E-state index in [0.29, 0.717) is 27.1 Å². The van der Waals surface area contributed by atoms with E-state index >= 15 is 0 Å². The lowest BCUT2D eigenvalue weighted by Crippen LogP contribution is -2.29. The first kappa shape index (κ1) is 19.2. The fourth-order valence-electron chi connectivity index (χ4n) is 3.94. The van der Waals surface area contributed by atoms with E-state index in [2.05, 4.69) is 4.98 Å². The molecule has 154 valence electrons. The molecule has 2 aromatic heterocycles. The second-order valence-corrected chi connectivity index (χ2v) is 8.29. The average Bonchev–Trinajstić information content (AvgIpc) is 3.26. The van der Waals surface area contributed by atoms with Crippen LogP contribution < -0.4 is 10.3 Å². The highest BCUT2D eigenvalue weighted by atomic mass is 32.1. The van der Waals surface area contributed by atoms with E-state index in [1.807, 2.05) is 0 Å². The minimum Gasteiger partial charge on any atom is -0.508 e. The van der Waals surface area contributed by atoms with Gasteiger partial charge in [0.1, 0.15) is 11.3 Å². The molecule has 1 aliphatic heterocycles. The summed E-state index contributed by atoms with van der Waals surface area (Å²) < 4.78 is 5.87. The van der Waals surface area contributed by atoms with Crippen molar-refractivity contribution in [3.63, 3.8) is 0 Å². The Bertz CT molecular complexity index is 1450. The number of fused-ring (bicyclic) bond motifs is 2. The van der Waals surface area contributed by atoms with Gasteiger partial charge in [0.05, 0.1) is 27.6 Å². The average molecular weight is 432 g/mol. The minimum atomic E-state index is -0.846. The van der Waals surface area contributed by atoms with Crippen molar-refractivity contribution >= 4 is 39.1 Å². The second kappa shape index (κ2) is 6.88. The first-order chi connectivity index (χ1) is 14.9. The van der Waals surface area contributed by atoms with Crippen molar-refractivity contribution in [3.8, 4) is 5.75 Å². The zero-order valence-electron chi connectivity index (χ0n) is 16.6. The lowest BCUT2D eigenvalue weighted by atomic mass is 9.98. The monoisotopic (exact) mass is 432 g/mol. The van der Waals surface area contributed by atoms with Crippen LogP contribution in [0.3, 0.4) is 0 Å². The smallest absolute Gasteiger partial charge is 0.297 e. The zero-order valence-corrected chi connectivity index (χ0v) is 17.4. The molecule has 0 saturated carbocycles. The van der Waals surface area contributed by atoms with E-state index in [9.17, 15) is 19.5 Å². The molecule has 0 radical (unpaired) electrons. The maximum absolute atomic E-state index is 13.5. The van der Waals surface area contributed by atoms with Crippen molar-refractivity contribution < 1.29 is 19.1 Å². The zero-order chi connectivity index (χ0) is 21.9. The van der Waals surface area contributed by atoms with Gasteiger partial charge in [-0.3, -0.25) is 19.3 Å². The van der Waals surface area contributed by atoms with Crippen LogP contribution in [0.4, 0.5) is 5.13 Å². The predicted octanol–water partition coefficient (Wildman–Crippen LogP) is 4.22. The summed E-state index contributed by atoms with van der Waals surface area (Å²) >= 11 is 1.09. The summed E-state index contributed by atoms with van der Waals surface area (Å²) in [6.07, 6.45) is 0. The summed E-state index contributed by atoms with van der Waals surface area (Å²) in [6.45, 7) is 3.14. The lowest BCUT2D eigenvalue weighted by Gasteiger charge is -2.22. The maximum atomic E-state index is 13.5. The predicted molar refractivity (Wildman–Crippen MR) is 116 cm³/mol. The Morgan fingerprint density at radius 3 is 2.65 bits per heavy atom. The lowest BCUT2D eigenvalue weighted by molar-refractivity contribution is 0.0969. The number of ketones is 1. The summed E-state index contributed by atoms with van der Waals surface area (Å²) in [4.78, 5) is 45.1. The normalized spacial score (nSPS) is 15.5. The number of carbonyl (C=O) groups excluding carboxylic acids is 2. The number of benzene rings is 2. The van der Waals surface area contributed by atoms with Gasteiger partial charge < -0.3 is 9.52 Å². The number of nitrogens with zero attached hydrogens (tertiary/aromatic N) is 2. The van der Waals surface area contributed by atoms with Crippen LogP contribution in [0.5, 0.6) is 5.75 Å². The molecule has 4 aromatic rings. The largest absolute Gasteiger partial charge is 0.508 e. The Balaban J connectivity index is 1.81. The first-order valence-corrected chi connectivity index (χ1v) is 10.3. The fourth-order valence-corrected chi connectivity index (χ4v) is 4.93. The van der Waals surface area contributed by atoms with E-state index in [1.165, 1.54) is 24.0 Å². The summed E-state index contributed by atoms with van der Waals surface area (Å²) in [7, 11) is 0. The number of rotatable bonds is 3. The molecule has 2 aromatic carbocycles. The molecule has 0 saturated heterocycles. The molecule has 7 nitrogen and oxygen atoms in total. The molecule has 5 rings (SSSR count). The number of hydrogen-bond donors (Lipinski definition) is 1. The number of anilines is 1. The Kier molecular flexibility index (Phi) is 4.26. The number of phenolic OH excluding ortho intramolecular Hbond substituents is 1. The number of hydrogen-bond acceptors (Lipinski definition) is 7. The van der Waals surface area contributed by atoms with Gasteiger partial charge >= 0.3 is 0 Å². The number of aromatic hydroxyl groups is 1. The van der Waals surface area contributed by atoms with Crippen molar-refractivity contribution in [2.75, 3.05) is 4.90 Å². The fraction of sp³-hybridized carbons (Fsp3) is 0.130. The third kappa shape index (κ3) is 2.87. The van der Waals surface area contributed by atoms with Gasteiger partial charge in [-0.25, -0.2) is 4.98 Å². The van der Waals surface area contributed by atoms with Gasteiger partial charge in [-0.2, -0.15) is 0 Å². The molecule has 1 aliphatic rings. The van der Waals surface area contributed by atoms with Crippen molar-refractivity contribution in [1.82, 2.24) is 4.98 Å². The number of thiazole rings is 1. The van der Waals surface area contributed by atoms with E-state index in [-0.39, 0.29) is 33.4 Å². The Morgan fingerprint density at radius 2 is 1.94 bits per heavy atom. The quantitative estimate of drug-likeness (QED) is 0.487. The van der Waals surface area contributed by atoms with Gasteiger partial charge in [0, 0.05) is 6.92 Å². The number of aryl methyl sites for hydroxylation is 1. The maximum Gasteiger partial charge on any atom is 0.297 e. The molecule has 0 spiro atoms. The Hall–Kier alpha value is -3.78. The molecule has 0 bridgehead atoms. The first-order valence-electron chi connectivity index (χ1n) is 9.53. The Morgan fingerprint density at radius 1 is 1.16 bits per heavy atom. The van der Waals surface area contributed by atoms with Crippen LogP contribution in [0.25, 0.3) is 11.0 Å². The number of Topliss-reactive ketones (excluding diaryl/α,β-unsaturated/α-hetero) is 1. The third-order valence-corrected chi connectivity index (χ3v) is 6.53. The number of carbonyl (C=O) groups is 2. The summed E-state index contributed by atoms with van der Waals surface area (Å²) in [6, 6.07) is 12.3. The minimum absolute atomic E-state index is 0.00303. The van der Waals surface area contributed by atoms with Gasteiger partial charge in [-0.15, -0.1) is 0 Å². The van der Waals surface area contributed by atoms with Crippen molar-refractivity contribution in [1.29, 1.82) is 0 Å². The molecule has 8 heteroatoms.